The molecule has 1 aromatic heterocycles. The first kappa shape index (κ1) is 7.10. The molecule has 1 saturated carbocycles. The minimum atomic E-state index is 0.120. The first-order valence-corrected chi connectivity index (χ1v) is 4.21. The first-order valence-electron chi connectivity index (χ1n) is 3.77. The van der Waals surface area contributed by atoms with Gasteiger partial charge in [-0.25, -0.2) is 0 Å². The number of aromatic nitrogens is 3. The average molecular weight is 172 g/mol. The molecule has 0 amide bonds. The van der Waals surface area contributed by atoms with Gasteiger partial charge in [-0.3, -0.25) is 4.68 Å². The Morgan fingerprint density at radius 2 is 2.45 bits per heavy atom. The smallest absolute Gasteiger partial charge is 0.0798 e. The molecule has 2 rings (SSSR count). The van der Waals surface area contributed by atoms with E-state index in [-0.39, 0.29) is 5.38 Å². The van der Waals surface area contributed by atoms with Crippen LogP contribution in [-0.2, 0) is 7.05 Å². The van der Waals surface area contributed by atoms with Crippen LogP contribution in [0.5, 0.6) is 0 Å². The van der Waals surface area contributed by atoms with Crippen molar-refractivity contribution in [3.8, 4) is 0 Å². The largest absolute Gasteiger partial charge is 0.251 e. The molecule has 60 valence electrons. The van der Waals surface area contributed by atoms with Crippen molar-refractivity contribution in [2.45, 2.75) is 18.2 Å². The molecule has 0 bridgehead atoms. The van der Waals surface area contributed by atoms with Gasteiger partial charge in [0.2, 0.25) is 0 Å². The molecule has 0 saturated heterocycles. The molecule has 1 aliphatic carbocycles. The Kier molecular flexibility index (Phi) is 1.60. The maximum Gasteiger partial charge on any atom is 0.0798 e. The molecule has 1 aliphatic rings. The van der Waals surface area contributed by atoms with Crippen molar-refractivity contribution < 1.29 is 0 Å². The highest BCUT2D eigenvalue weighted by Gasteiger charge is 2.32. The molecule has 1 fully saturated rings. The van der Waals surface area contributed by atoms with E-state index < -0.39 is 0 Å². The molecular weight excluding hydrogens is 162 g/mol. The molecule has 1 atom stereocenters. The lowest BCUT2D eigenvalue weighted by Gasteiger charge is -2.05. The van der Waals surface area contributed by atoms with Crippen molar-refractivity contribution in [2.75, 3.05) is 0 Å². The summed E-state index contributed by atoms with van der Waals surface area (Å²) in [5, 5.41) is 7.73. The van der Waals surface area contributed by atoms with Crippen molar-refractivity contribution in [3.63, 3.8) is 0 Å². The van der Waals surface area contributed by atoms with Crippen molar-refractivity contribution in [2.24, 2.45) is 13.0 Å². The van der Waals surface area contributed by atoms with Crippen LogP contribution in [0.3, 0.4) is 0 Å². The zero-order valence-electron chi connectivity index (χ0n) is 6.37. The SMILES string of the molecule is Cn1nncc1C(Cl)C1CC1. The number of rotatable bonds is 2. The van der Waals surface area contributed by atoms with Crippen LogP contribution in [-0.4, -0.2) is 15.0 Å². The van der Waals surface area contributed by atoms with Gasteiger partial charge in [0.15, 0.2) is 0 Å². The van der Waals surface area contributed by atoms with Crippen LogP contribution < -0.4 is 0 Å². The van der Waals surface area contributed by atoms with Gasteiger partial charge in [-0.15, -0.1) is 16.7 Å². The summed E-state index contributed by atoms with van der Waals surface area (Å²) < 4.78 is 1.75. The number of hydrogen-bond acceptors (Lipinski definition) is 2. The molecule has 1 heterocycles. The zero-order chi connectivity index (χ0) is 7.84. The predicted molar refractivity (Wildman–Crippen MR) is 42.3 cm³/mol. The Morgan fingerprint density at radius 3 is 2.91 bits per heavy atom. The summed E-state index contributed by atoms with van der Waals surface area (Å²) in [4.78, 5) is 0. The molecule has 0 N–H and O–H groups in total. The zero-order valence-corrected chi connectivity index (χ0v) is 7.12. The van der Waals surface area contributed by atoms with Gasteiger partial charge in [-0.1, -0.05) is 5.21 Å². The van der Waals surface area contributed by atoms with Gasteiger partial charge in [0, 0.05) is 7.05 Å². The van der Waals surface area contributed by atoms with E-state index in [1.807, 2.05) is 7.05 Å². The fourth-order valence-corrected chi connectivity index (χ4v) is 1.63. The highest BCUT2D eigenvalue weighted by atomic mass is 35.5. The summed E-state index contributed by atoms with van der Waals surface area (Å²) in [5.41, 5.74) is 1.04. The van der Waals surface area contributed by atoms with Gasteiger partial charge < -0.3 is 0 Å². The third-order valence-electron chi connectivity index (χ3n) is 2.07. The van der Waals surface area contributed by atoms with Gasteiger partial charge >= 0.3 is 0 Å². The third-order valence-corrected chi connectivity index (χ3v) is 2.65. The lowest BCUT2D eigenvalue weighted by Crippen LogP contribution is -2.02. The number of aryl methyl sites for hydroxylation is 1. The van der Waals surface area contributed by atoms with Crippen molar-refractivity contribution in [1.29, 1.82) is 0 Å². The lowest BCUT2D eigenvalue weighted by atomic mass is 10.2. The first-order chi connectivity index (χ1) is 5.29. The fourth-order valence-electron chi connectivity index (χ4n) is 1.18. The van der Waals surface area contributed by atoms with Crippen LogP contribution in [0.15, 0.2) is 6.20 Å². The van der Waals surface area contributed by atoms with Gasteiger partial charge in [0.05, 0.1) is 17.3 Å². The molecule has 0 aliphatic heterocycles. The lowest BCUT2D eigenvalue weighted by molar-refractivity contribution is 0.643. The Hall–Kier alpha value is -0.570. The van der Waals surface area contributed by atoms with E-state index >= 15 is 0 Å². The summed E-state index contributed by atoms with van der Waals surface area (Å²) >= 11 is 6.15. The number of nitrogens with zero attached hydrogens (tertiary/aromatic N) is 3. The number of hydrogen-bond donors (Lipinski definition) is 0. The highest BCUT2D eigenvalue weighted by Crippen LogP contribution is 2.44. The predicted octanol–water partition coefficient (Wildman–Crippen LogP) is 1.50. The van der Waals surface area contributed by atoms with Crippen molar-refractivity contribution >= 4 is 11.6 Å². The van der Waals surface area contributed by atoms with Crippen molar-refractivity contribution in [3.05, 3.63) is 11.9 Å². The standard InChI is InChI=1S/C7H10ClN3/c1-11-6(4-9-10-11)7(8)5-2-3-5/h4-5,7H,2-3H2,1H3. The van der Waals surface area contributed by atoms with Crippen molar-refractivity contribution in [1.82, 2.24) is 15.0 Å². The van der Waals surface area contributed by atoms with Gasteiger partial charge in [0.25, 0.3) is 0 Å². The quantitative estimate of drug-likeness (QED) is 0.632. The second-order valence-electron chi connectivity index (χ2n) is 3.02. The summed E-state index contributed by atoms with van der Waals surface area (Å²) in [6.45, 7) is 0. The normalized spacial score (nSPS) is 20.2. The maximum absolute atomic E-state index is 6.15. The van der Waals surface area contributed by atoms with E-state index in [9.17, 15) is 0 Å². The van der Waals surface area contributed by atoms with E-state index in [0.29, 0.717) is 5.92 Å². The van der Waals surface area contributed by atoms with E-state index in [1.54, 1.807) is 10.9 Å². The molecule has 4 heteroatoms. The second-order valence-corrected chi connectivity index (χ2v) is 3.49. The highest BCUT2D eigenvalue weighted by molar-refractivity contribution is 6.21. The van der Waals surface area contributed by atoms with Crippen LogP contribution in [0.1, 0.15) is 23.9 Å². The summed E-state index contributed by atoms with van der Waals surface area (Å²) in [6, 6.07) is 0. The van der Waals surface area contributed by atoms with Crippen LogP contribution in [0, 0.1) is 5.92 Å². The molecule has 1 aromatic rings. The average Bonchev–Trinajstić information content (AvgIpc) is 2.74. The van der Waals surface area contributed by atoms with Crippen LogP contribution >= 0.6 is 11.6 Å². The Labute approximate surface area is 70.3 Å². The van der Waals surface area contributed by atoms with E-state index in [2.05, 4.69) is 10.3 Å². The molecule has 1 unspecified atom stereocenters. The monoisotopic (exact) mass is 171 g/mol. The minimum absolute atomic E-state index is 0.120. The minimum Gasteiger partial charge on any atom is -0.251 e. The molecule has 0 aromatic carbocycles. The Morgan fingerprint density at radius 1 is 1.73 bits per heavy atom. The molecule has 0 spiro atoms. The van der Waals surface area contributed by atoms with Crippen LogP contribution in [0.4, 0.5) is 0 Å². The summed E-state index contributed by atoms with van der Waals surface area (Å²) in [6.07, 6.45) is 4.24. The molecule has 0 radical (unpaired) electrons. The summed E-state index contributed by atoms with van der Waals surface area (Å²) in [7, 11) is 1.88. The second kappa shape index (κ2) is 2.48. The van der Waals surface area contributed by atoms with Gasteiger partial charge in [-0.05, 0) is 18.8 Å². The van der Waals surface area contributed by atoms with E-state index in [0.717, 1.165) is 5.69 Å². The van der Waals surface area contributed by atoms with Gasteiger partial charge in [0.1, 0.15) is 0 Å². The number of alkyl halides is 1. The Bertz CT molecular complexity index is 254. The van der Waals surface area contributed by atoms with E-state index in [1.165, 1.54) is 12.8 Å². The molecule has 3 nitrogen and oxygen atoms in total. The maximum atomic E-state index is 6.15. The Balaban J connectivity index is 2.20. The molecular formula is C7H10ClN3. The van der Waals surface area contributed by atoms with E-state index in [4.69, 9.17) is 11.6 Å². The van der Waals surface area contributed by atoms with Gasteiger partial charge in [-0.2, -0.15) is 0 Å². The third kappa shape index (κ3) is 1.25. The number of halogens is 1. The topological polar surface area (TPSA) is 30.7 Å². The summed E-state index contributed by atoms with van der Waals surface area (Å²) in [5.74, 6) is 0.661. The van der Waals surface area contributed by atoms with Crippen LogP contribution in [0.2, 0.25) is 0 Å². The van der Waals surface area contributed by atoms with Crippen LogP contribution in [0.25, 0.3) is 0 Å². The molecule has 11 heavy (non-hydrogen) atoms. The fraction of sp³-hybridized carbons (Fsp3) is 0.714.